The number of hydrogen-bond donors (Lipinski definition) is 1. The maximum absolute atomic E-state index is 14.3. The van der Waals surface area contributed by atoms with Crippen molar-refractivity contribution in [2.24, 2.45) is 0 Å². The van der Waals surface area contributed by atoms with E-state index < -0.39 is 35.1 Å². The number of hydrogen-bond acceptors (Lipinski definition) is 6. The minimum absolute atomic E-state index is 0.0147. The highest BCUT2D eigenvalue weighted by Crippen LogP contribution is 2.39. The number of halogens is 2. The van der Waals surface area contributed by atoms with Gasteiger partial charge in [-0.2, -0.15) is 0 Å². The van der Waals surface area contributed by atoms with Gasteiger partial charge in [0.15, 0.2) is 11.6 Å². The van der Waals surface area contributed by atoms with Crippen LogP contribution in [-0.4, -0.2) is 73.1 Å². The number of carbonyl (C=O) groups excluding carboxylic acids is 2. The van der Waals surface area contributed by atoms with Gasteiger partial charge in [-0.05, 0) is 35.9 Å². The molecule has 2 saturated heterocycles. The van der Waals surface area contributed by atoms with Crippen LogP contribution < -0.4 is 4.74 Å². The van der Waals surface area contributed by atoms with E-state index in [2.05, 4.69) is 4.90 Å². The molecule has 1 amide bonds. The van der Waals surface area contributed by atoms with Crippen molar-refractivity contribution in [3.8, 4) is 5.75 Å². The van der Waals surface area contributed by atoms with E-state index in [-0.39, 0.29) is 23.4 Å². The Morgan fingerprint density at radius 1 is 1.12 bits per heavy atom. The Morgan fingerprint density at radius 3 is 2.55 bits per heavy atom. The molecule has 2 fully saturated rings. The number of methoxy groups -OCH3 is 1. The zero-order valence-electron chi connectivity index (χ0n) is 18.1. The van der Waals surface area contributed by atoms with Crippen molar-refractivity contribution in [3.05, 3.63) is 70.8 Å². The second kappa shape index (κ2) is 9.68. The average molecular weight is 458 g/mol. The van der Waals surface area contributed by atoms with Crippen molar-refractivity contribution < 1.29 is 33.0 Å². The summed E-state index contributed by atoms with van der Waals surface area (Å²) in [6, 6.07) is 8.26. The maximum Gasteiger partial charge on any atom is 0.295 e. The molecule has 2 heterocycles. The second-order valence-electron chi connectivity index (χ2n) is 7.85. The highest BCUT2D eigenvalue weighted by molar-refractivity contribution is 6.46. The van der Waals surface area contributed by atoms with Crippen LogP contribution in [0.2, 0.25) is 0 Å². The molecular formula is C24H24F2N2O5. The summed E-state index contributed by atoms with van der Waals surface area (Å²) in [5.41, 5.74) is 0.143. The first kappa shape index (κ1) is 22.9. The molecule has 0 aromatic heterocycles. The first-order valence-electron chi connectivity index (χ1n) is 10.6. The highest BCUT2D eigenvalue weighted by atomic mass is 19.1. The van der Waals surface area contributed by atoms with E-state index in [0.29, 0.717) is 38.4 Å². The molecule has 1 atom stereocenters. The summed E-state index contributed by atoms with van der Waals surface area (Å²) in [5.74, 6) is -3.53. The Bertz CT molecular complexity index is 1100. The number of aliphatic hydroxyl groups is 1. The molecule has 4 rings (SSSR count). The molecule has 1 N–H and O–H groups in total. The molecule has 0 saturated carbocycles. The van der Waals surface area contributed by atoms with Gasteiger partial charge in [0.2, 0.25) is 0 Å². The first-order chi connectivity index (χ1) is 15.9. The number of aliphatic hydroxyl groups excluding tert-OH is 1. The standard InChI is InChI=1S/C24H24F2N2O5/c1-32-19-6-5-16(14-18(19)26)22(29)20-21(15-3-2-4-17(25)13-15)28(24(31)23(20)30)8-7-27-9-11-33-12-10-27/h2-6,13-14,21,29H,7-12H2,1H3. The molecule has 174 valence electrons. The average Bonchev–Trinajstić information content (AvgIpc) is 3.07. The predicted molar refractivity (Wildman–Crippen MR) is 116 cm³/mol. The molecule has 2 aliphatic rings. The van der Waals surface area contributed by atoms with Crippen LogP contribution in [-0.2, 0) is 14.3 Å². The molecule has 33 heavy (non-hydrogen) atoms. The van der Waals surface area contributed by atoms with Gasteiger partial charge in [-0.25, -0.2) is 8.78 Å². The van der Waals surface area contributed by atoms with Crippen LogP contribution in [0.15, 0.2) is 48.0 Å². The lowest BCUT2D eigenvalue weighted by Gasteiger charge is -2.31. The van der Waals surface area contributed by atoms with Gasteiger partial charge in [0.25, 0.3) is 11.7 Å². The van der Waals surface area contributed by atoms with E-state index in [9.17, 15) is 23.5 Å². The van der Waals surface area contributed by atoms with Gasteiger partial charge in [-0.3, -0.25) is 14.5 Å². The molecule has 1 unspecified atom stereocenters. The van der Waals surface area contributed by atoms with Gasteiger partial charge < -0.3 is 19.5 Å². The number of Topliss-reactive ketones (excluding diaryl/α,β-unsaturated/α-hetero) is 1. The molecule has 0 bridgehead atoms. The van der Waals surface area contributed by atoms with E-state index in [1.54, 1.807) is 6.07 Å². The number of rotatable bonds is 6. The summed E-state index contributed by atoms with van der Waals surface area (Å²) in [5, 5.41) is 11.0. The van der Waals surface area contributed by atoms with Crippen LogP contribution >= 0.6 is 0 Å². The number of amides is 1. The number of morpholine rings is 1. The lowest BCUT2D eigenvalue weighted by atomic mass is 9.95. The number of carbonyl (C=O) groups is 2. The number of likely N-dealkylation sites (tertiary alicyclic amines) is 1. The fourth-order valence-electron chi connectivity index (χ4n) is 4.18. The summed E-state index contributed by atoms with van der Waals surface area (Å²) in [6.45, 7) is 3.22. The highest BCUT2D eigenvalue weighted by Gasteiger charge is 2.46. The van der Waals surface area contributed by atoms with Crippen molar-refractivity contribution in [1.82, 2.24) is 9.80 Å². The van der Waals surface area contributed by atoms with Crippen molar-refractivity contribution in [1.29, 1.82) is 0 Å². The fraction of sp³-hybridized carbons (Fsp3) is 0.333. The van der Waals surface area contributed by atoms with Crippen LogP contribution in [0.1, 0.15) is 17.2 Å². The SMILES string of the molecule is COc1ccc(C(O)=C2C(=O)C(=O)N(CCN3CCOCC3)C2c2cccc(F)c2)cc1F. The topological polar surface area (TPSA) is 79.3 Å². The quantitative estimate of drug-likeness (QED) is 0.408. The Hall–Kier alpha value is -3.30. The molecule has 7 nitrogen and oxygen atoms in total. The zero-order chi connectivity index (χ0) is 23.5. The van der Waals surface area contributed by atoms with Crippen LogP contribution in [0, 0.1) is 11.6 Å². The van der Waals surface area contributed by atoms with Gasteiger partial charge in [0.1, 0.15) is 11.6 Å². The lowest BCUT2D eigenvalue weighted by molar-refractivity contribution is -0.140. The summed E-state index contributed by atoms with van der Waals surface area (Å²) in [4.78, 5) is 29.4. The van der Waals surface area contributed by atoms with Crippen LogP contribution in [0.25, 0.3) is 5.76 Å². The summed E-state index contributed by atoms with van der Waals surface area (Å²) >= 11 is 0. The van der Waals surface area contributed by atoms with Crippen LogP contribution in [0.5, 0.6) is 5.75 Å². The largest absolute Gasteiger partial charge is 0.507 e. The Kier molecular flexibility index (Phi) is 6.71. The van der Waals surface area contributed by atoms with Crippen molar-refractivity contribution >= 4 is 17.4 Å². The Labute approximate surface area is 189 Å². The van der Waals surface area contributed by atoms with E-state index in [0.717, 1.165) is 6.07 Å². The summed E-state index contributed by atoms with van der Waals surface area (Å²) < 4.78 is 38.6. The molecule has 2 aromatic carbocycles. The van der Waals surface area contributed by atoms with Crippen molar-refractivity contribution in [2.75, 3.05) is 46.5 Å². The second-order valence-corrected chi connectivity index (χ2v) is 7.85. The van der Waals surface area contributed by atoms with Gasteiger partial charge in [-0.1, -0.05) is 12.1 Å². The van der Waals surface area contributed by atoms with E-state index in [1.807, 2.05) is 0 Å². The zero-order valence-corrected chi connectivity index (χ0v) is 18.1. The summed E-state index contributed by atoms with van der Waals surface area (Å²) in [6.07, 6.45) is 0. The van der Waals surface area contributed by atoms with E-state index in [1.165, 1.54) is 42.3 Å². The lowest BCUT2D eigenvalue weighted by Crippen LogP contribution is -2.42. The molecule has 0 radical (unpaired) electrons. The monoisotopic (exact) mass is 458 g/mol. The number of nitrogens with zero attached hydrogens (tertiary/aromatic N) is 2. The fourth-order valence-corrected chi connectivity index (χ4v) is 4.18. The number of ether oxygens (including phenoxy) is 2. The Morgan fingerprint density at radius 2 is 1.88 bits per heavy atom. The first-order valence-corrected chi connectivity index (χ1v) is 10.6. The number of benzene rings is 2. The minimum atomic E-state index is -1.01. The van der Waals surface area contributed by atoms with Crippen molar-refractivity contribution in [2.45, 2.75) is 6.04 Å². The van der Waals surface area contributed by atoms with E-state index >= 15 is 0 Å². The molecular weight excluding hydrogens is 434 g/mol. The van der Waals surface area contributed by atoms with Gasteiger partial charge in [0.05, 0.1) is 31.9 Å². The predicted octanol–water partition coefficient (Wildman–Crippen LogP) is 2.73. The molecule has 2 aliphatic heterocycles. The van der Waals surface area contributed by atoms with Gasteiger partial charge in [0, 0.05) is 31.7 Å². The van der Waals surface area contributed by atoms with E-state index in [4.69, 9.17) is 9.47 Å². The normalized spacial score (nSPS) is 20.9. The van der Waals surface area contributed by atoms with Crippen LogP contribution in [0.3, 0.4) is 0 Å². The molecule has 9 heteroatoms. The smallest absolute Gasteiger partial charge is 0.295 e. The van der Waals surface area contributed by atoms with Crippen LogP contribution in [0.4, 0.5) is 8.78 Å². The molecule has 0 aliphatic carbocycles. The van der Waals surface area contributed by atoms with Gasteiger partial charge >= 0.3 is 0 Å². The third kappa shape index (κ3) is 4.60. The molecule has 2 aromatic rings. The van der Waals surface area contributed by atoms with Crippen molar-refractivity contribution in [3.63, 3.8) is 0 Å². The third-order valence-corrected chi connectivity index (χ3v) is 5.89. The van der Waals surface area contributed by atoms with Gasteiger partial charge in [-0.15, -0.1) is 0 Å². The maximum atomic E-state index is 14.3. The minimum Gasteiger partial charge on any atom is -0.507 e. The Balaban J connectivity index is 1.75. The third-order valence-electron chi connectivity index (χ3n) is 5.89. The molecule has 0 spiro atoms. The number of ketones is 1. The summed E-state index contributed by atoms with van der Waals surface area (Å²) in [7, 11) is 1.31.